The van der Waals surface area contributed by atoms with Crippen LogP contribution in [0.25, 0.3) is 0 Å². The second-order valence-electron chi connectivity index (χ2n) is 6.58. The van der Waals surface area contributed by atoms with Gasteiger partial charge in [-0.1, -0.05) is 13.3 Å². The Kier molecular flexibility index (Phi) is 5.62. The number of nitrogens with zero attached hydrogens (tertiary/aromatic N) is 1. The largest absolute Gasteiger partial charge is 0.352 e. The van der Waals surface area contributed by atoms with Gasteiger partial charge < -0.3 is 15.5 Å². The minimum Gasteiger partial charge on any atom is -0.352 e. The molecule has 2 aliphatic heterocycles. The molecule has 4 atom stereocenters. The zero-order valence-corrected chi connectivity index (χ0v) is 13.5. The van der Waals surface area contributed by atoms with Crippen LogP contribution in [0.1, 0.15) is 52.9 Å². The first kappa shape index (κ1) is 16.3. The average molecular weight is 295 g/mol. The molecule has 0 spiro atoms. The highest BCUT2D eigenvalue weighted by atomic mass is 16.2. The summed E-state index contributed by atoms with van der Waals surface area (Å²) in [5, 5.41) is 6.53. The molecule has 0 bridgehead atoms. The number of likely N-dealkylation sites (tertiary alicyclic amines) is 1. The molecule has 2 aliphatic rings. The molecule has 0 aromatic heterocycles. The molecule has 2 fully saturated rings. The molecule has 0 radical (unpaired) electrons. The predicted octanol–water partition coefficient (Wildman–Crippen LogP) is 1.28. The third kappa shape index (κ3) is 3.96. The quantitative estimate of drug-likeness (QED) is 0.803. The first-order chi connectivity index (χ1) is 10.0. The third-order valence-corrected chi connectivity index (χ3v) is 4.86. The Bertz CT molecular complexity index is 386. The summed E-state index contributed by atoms with van der Waals surface area (Å²) in [6.45, 7) is 7.92. The van der Waals surface area contributed by atoms with E-state index in [1.54, 1.807) is 0 Å². The van der Waals surface area contributed by atoms with Crippen LogP contribution >= 0.6 is 0 Å². The van der Waals surface area contributed by atoms with Crippen molar-refractivity contribution >= 4 is 11.8 Å². The fourth-order valence-corrected chi connectivity index (χ4v) is 3.45. The van der Waals surface area contributed by atoms with E-state index >= 15 is 0 Å². The van der Waals surface area contributed by atoms with Gasteiger partial charge in [0.1, 0.15) is 0 Å². The van der Waals surface area contributed by atoms with Crippen molar-refractivity contribution in [2.75, 3.05) is 13.1 Å². The summed E-state index contributed by atoms with van der Waals surface area (Å²) in [4.78, 5) is 26.4. The van der Waals surface area contributed by atoms with Gasteiger partial charge in [-0.3, -0.25) is 9.59 Å². The van der Waals surface area contributed by atoms with Gasteiger partial charge in [-0.15, -0.1) is 0 Å². The normalized spacial score (nSPS) is 31.3. The Labute approximate surface area is 127 Å². The van der Waals surface area contributed by atoms with Crippen molar-refractivity contribution in [2.24, 2.45) is 5.92 Å². The van der Waals surface area contributed by atoms with Gasteiger partial charge in [0, 0.05) is 31.1 Å². The van der Waals surface area contributed by atoms with Crippen molar-refractivity contribution in [3.8, 4) is 0 Å². The fourth-order valence-electron chi connectivity index (χ4n) is 3.45. The molecule has 5 nitrogen and oxygen atoms in total. The summed E-state index contributed by atoms with van der Waals surface area (Å²) in [5.41, 5.74) is 0. The third-order valence-electron chi connectivity index (χ3n) is 4.86. The fraction of sp³-hybridized carbons (Fsp3) is 0.875. The second-order valence-corrected chi connectivity index (χ2v) is 6.58. The van der Waals surface area contributed by atoms with Gasteiger partial charge in [-0.05, 0) is 39.7 Å². The van der Waals surface area contributed by atoms with Crippen molar-refractivity contribution in [1.29, 1.82) is 0 Å². The number of amides is 2. The first-order valence-electron chi connectivity index (χ1n) is 8.36. The lowest BCUT2D eigenvalue weighted by molar-refractivity contribution is -0.130. The molecule has 2 heterocycles. The monoisotopic (exact) mass is 295 g/mol. The molecular formula is C16H29N3O2. The second kappa shape index (κ2) is 7.25. The van der Waals surface area contributed by atoms with Crippen LogP contribution in [0.4, 0.5) is 0 Å². The van der Waals surface area contributed by atoms with E-state index in [4.69, 9.17) is 0 Å². The molecule has 0 aromatic carbocycles. The molecule has 21 heavy (non-hydrogen) atoms. The molecule has 2 saturated heterocycles. The Balaban J connectivity index is 1.87. The van der Waals surface area contributed by atoms with Gasteiger partial charge in [-0.2, -0.15) is 0 Å². The van der Waals surface area contributed by atoms with Crippen molar-refractivity contribution in [2.45, 2.75) is 71.0 Å². The number of piperidine rings is 1. The number of carbonyl (C=O) groups is 2. The molecule has 0 aromatic rings. The lowest BCUT2D eigenvalue weighted by Crippen LogP contribution is -2.53. The molecule has 2 rings (SSSR count). The van der Waals surface area contributed by atoms with Crippen LogP contribution in [-0.2, 0) is 9.59 Å². The molecular weight excluding hydrogens is 266 g/mol. The molecule has 4 unspecified atom stereocenters. The Morgan fingerprint density at radius 3 is 2.95 bits per heavy atom. The van der Waals surface area contributed by atoms with E-state index in [1.807, 2.05) is 4.90 Å². The molecule has 120 valence electrons. The number of nitrogens with one attached hydrogen (secondary N) is 2. The van der Waals surface area contributed by atoms with Crippen molar-refractivity contribution in [3.05, 3.63) is 0 Å². The summed E-state index contributed by atoms with van der Waals surface area (Å²) in [7, 11) is 0. The van der Waals surface area contributed by atoms with E-state index in [9.17, 15) is 9.59 Å². The Morgan fingerprint density at radius 1 is 1.52 bits per heavy atom. The maximum Gasteiger partial charge on any atom is 0.225 e. The van der Waals surface area contributed by atoms with Crippen LogP contribution < -0.4 is 10.6 Å². The highest BCUT2D eigenvalue weighted by Gasteiger charge is 2.37. The SMILES string of the molecule is CCCC(C)N1CC(C(=O)NC2CCCNC2C)CC1=O. The van der Waals surface area contributed by atoms with E-state index in [2.05, 4.69) is 31.4 Å². The van der Waals surface area contributed by atoms with Gasteiger partial charge in [-0.25, -0.2) is 0 Å². The number of hydrogen-bond acceptors (Lipinski definition) is 3. The zero-order valence-electron chi connectivity index (χ0n) is 13.5. The molecule has 5 heteroatoms. The van der Waals surface area contributed by atoms with E-state index in [0.717, 1.165) is 32.2 Å². The predicted molar refractivity (Wildman–Crippen MR) is 82.8 cm³/mol. The van der Waals surface area contributed by atoms with Crippen LogP contribution in [0.15, 0.2) is 0 Å². The standard InChI is InChI=1S/C16H29N3O2/c1-4-6-11(2)19-10-13(9-15(19)20)16(21)18-14-7-5-8-17-12(14)3/h11-14,17H,4-10H2,1-3H3,(H,18,21). The van der Waals surface area contributed by atoms with Gasteiger partial charge in [0.2, 0.25) is 11.8 Å². The van der Waals surface area contributed by atoms with Gasteiger partial charge in [0.25, 0.3) is 0 Å². The first-order valence-corrected chi connectivity index (χ1v) is 8.36. The maximum absolute atomic E-state index is 12.4. The summed E-state index contributed by atoms with van der Waals surface area (Å²) in [6.07, 6.45) is 4.56. The minimum atomic E-state index is -0.175. The van der Waals surface area contributed by atoms with Crippen LogP contribution in [0.5, 0.6) is 0 Å². The summed E-state index contributed by atoms with van der Waals surface area (Å²) >= 11 is 0. The van der Waals surface area contributed by atoms with Crippen LogP contribution in [0.3, 0.4) is 0 Å². The molecule has 2 N–H and O–H groups in total. The van der Waals surface area contributed by atoms with Crippen molar-refractivity contribution in [1.82, 2.24) is 15.5 Å². The maximum atomic E-state index is 12.4. The Hall–Kier alpha value is -1.10. The van der Waals surface area contributed by atoms with Crippen molar-refractivity contribution in [3.63, 3.8) is 0 Å². The molecule has 2 amide bonds. The number of rotatable bonds is 5. The summed E-state index contributed by atoms with van der Waals surface area (Å²) in [6, 6.07) is 0.758. The van der Waals surface area contributed by atoms with Crippen LogP contribution in [0.2, 0.25) is 0 Å². The van der Waals surface area contributed by atoms with Gasteiger partial charge in [0.15, 0.2) is 0 Å². The molecule has 0 aliphatic carbocycles. The zero-order chi connectivity index (χ0) is 15.4. The van der Waals surface area contributed by atoms with E-state index in [1.165, 1.54) is 0 Å². The average Bonchev–Trinajstić information content (AvgIpc) is 2.84. The smallest absolute Gasteiger partial charge is 0.225 e. The minimum absolute atomic E-state index is 0.0510. The molecule has 0 saturated carbocycles. The summed E-state index contributed by atoms with van der Waals surface area (Å²) < 4.78 is 0. The Morgan fingerprint density at radius 2 is 2.29 bits per heavy atom. The number of carbonyl (C=O) groups excluding carboxylic acids is 2. The highest BCUT2D eigenvalue weighted by Crippen LogP contribution is 2.23. The highest BCUT2D eigenvalue weighted by molar-refractivity contribution is 5.89. The van der Waals surface area contributed by atoms with E-state index in [0.29, 0.717) is 19.0 Å². The topological polar surface area (TPSA) is 61.4 Å². The van der Waals surface area contributed by atoms with Crippen LogP contribution in [0, 0.1) is 5.92 Å². The van der Waals surface area contributed by atoms with Gasteiger partial charge >= 0.3 is 0 Å². The number of hydrogen-bond donors (Lipinski definition) is 2. The lowest BCUT2D eigenvalue weighted by Gasteiger charge is -2.31. The van der Waals surface area contributed by atoms with E-state index in [-0.39, 0.29) is 29.8 Å². The van der Waals surface area contributed by atoms with Crippen molar-refractivity contribution < 1.29 is 9.59 Å². The van der Waals surface area contributed by atoms with Crippen LogP contribution in [-0.4, -0.2) is 47.9 Å². The van der Waals surface area contributed by atoms with E-state index < -0.39 is 0 Å². The summed E-state index contributed by atoms with van der Waals surface area (Å²) in [5.74, 6) is 0.00643. The lowest BCUT2D eigenvalue weighted by atomic mass is 9.98. The van der Waals surface area contributed by atoms with Gasteiger partial charge in [0.05, 0.1) is 5.92 Å².